The molecule has 0 atom stereocenters. The molecule has 2 aromatic rings. The van der Waals surface area contributed by atoms with Crippen LogP contribution in [0.5, 0.6) is 23.0 Å². The van der Waals surface area contributed by atoms with Gasteiger partial charge in [-0.1, -0.05) is 12.1 Å². The van der Waals surface area contributed by atoms with E-state index in [2.05, 4.69) is 0 Å². The Hall–Kier alpha value is -4.25. The van der Waals surface area contributed by atoms with Crippen molar-refractivity contribution in [1.29, 1.82) is 5.26 Å². The van der Waals surface area contributed by atoms with Crippen LogP contribution in [0.15, 0.2) is 53.1 Å². The number of methoxy groups -OCH3 is 1. The molecule has 4 rings (SSSR count). The van der Waals surface area contributed by atoms with Crippen molar-refractivity contribution in [2.75, 3.05) is 20.5 Å². The molecule has 168 valence electrons. The van der Waals surface area contributed by atoms with Gasteiger partial charge in [-0.3, -0.25) is 14.5 Å². The average Bonchev–Trinajstić information content (AvgIpc) is 3.29. The van der Waals surface area contributed by atoms with E-state index in [1.54, 1.807) is 49.4 Å². The first-order chi connectivity index (χ1) is 16.0. The Balaban J connectivity index is 1.71. The van der Waals surface area contributed by atoms with Crippen LogP contribution in [-0.4, -0.2) is 37.2 Å². The third-order valence-corrected chi connectivity index (χ3v) is 5.40. The molecule has 8 nitrogen and oxygen atoms in total. The van der Waals surface area contributed by atoms with E-state index in [0.717, 1.165) is 4.90 Å². The number of ether oxygens (including phenoxy) is 4. The van der Waals surface area contributed by atoms with Crippen molar-refractivity contribution >= 4 is 17.9 Å². The quantitative estimate of drug-likeness (QED) is 0.494. The normalized spacial score (nSPS) is 16.3. The maximum Gasteiger partial charge on any atom is 0.271 e. The summed E-state index contributed by atoms with van der Waals surface area (Å²) in [4.78, 5) is 27.4. The standard InChI is InChI=1S/C25H22N2O6/c1-4-31-20-7-5-16(10-22(20)30-3)9-18-15(2)19(12-26)25(29)27(24(18)28)13-17-6-8-21-23(11-17)33-14-32-21/h5-11H,4,13-14H2,1-3H3/b18-9+. The zero-order valence-corrected chi connectivity index (χ0v) is 18.5. The van der Waals surface area contributed by atoms with Crippen LogP contribution in [0.1, 0.15) is 25.0 Å². The molecule has 0 radical (unpaired) electrons. The number of rotatable bonds is 6. The second-order valence-corrected chi connectivity index (χ2v) is 7.40. The molecule has 0 bridgehead atoms. The van der Waals surface area contributed by atoms with Gasteiger partial charge in [-0.05, 0) is 60.9 Å². The van der Waals surface area contributed by atoms with Gasteiger partial charge in [-0.2, -0.15) is 5.26 Å². The topological polar surface area (TPSA) is 98.1 Å². The third-order valence-electron chi connectivity index (χ3n) is 5.40. The molecule has 2 amide bonds. The van der Waals surface area contributed by atoms with Gasteiger partial charge in [-0.15, -0.1) is 0 Å². The number of carbonyl (C=O) groups is 2. The summed E-state index contributed by atoms with van der Waals surface area (Å²) in [5.74, 6) is 1.15. The number of imide groups is 1. The van der Waals surface area contributed by atoms with E-state index in [0.29, 0.717) is 46.3 Å². The van der Waals surface area contributed by atoms with E-state index in [1.807, 2.05) is 13.0 Å². The largest absolute Gasteiger partial charge is 0.493 e. The summed E-state index contributed by atoms with van der Waals surface area (Å²) < 4.78 is 21.6. The summed E-state index contributed by atoms with van der Waals surface area (Å²) in [5.41, 5.74) is 1.88. The monoisotopic (exact) mass is 446 g/mol. The molecular formula is C25H22N2O6. The molecule has 0 saturated heterocycles. The van der Waals surface area contributed by atoms with Gasteiger partial charge in [0, 0.05) is 5.57 Å². The zero-order valence-electron chi connectivity index (χ0n) is 18.5. The first kappa shape index (κ1) is 22.0. The second-order valence-electron chi connectivity index (χ2n) is 7.40. The van der Waals surface area contributed by atoms with Crippen LogP contribution < -0.4 is 18.9 Å². The van der Waals surface area contributed by atoms with Crippen LogP contribution in [0, 0.1) is 11.3 Å². The Morgan fingerprint density at radius 3 is 2.61 bits per heavy atom. The lowest BCUT2D eigenvalue weighted by atomic mass is 9.93. The fourth-order valence-corrected chi connectivity index (χ4v) is 3.71. The fourth-order valence-electron chi connectivity index (χ4n) is 3.71. The summed E-state index contributed by atoms with van der Waals surface area (Å²) in [6.07, 6.45) is 1.65. The van der Waals surface area contributed by atoms with Crippen molar-refractivity contribution < 1.29 is 28.5 Å². The molecule has 2 aromatic carbocycles. The van der Waals surface area contributed by atoms with Gasteiger partial charge < -0.3 is 18.9 Å². The summed E-state index contributed by atoms with van der Waals surface area (Å²) in [6.45, 7) is 4.08. The van der Waals surface area contributed by atoms with Crippen molar-refractivity contribution in [3.8, 4) is 29.1 Å². The van der Waals surface area contributed by atoms with E-state index in [1.165, 1.54) is 7.11 Å². The summed E-state index contributed by atoms with van der Waals surface area (Å²) >= 11 is 0. The highest BCUT2D eigenvalue weighted by molar-refractivity contribution is 6.19. The average molecular weight is 446 g/mol. The first-order valence-corrected chi connectivity index (χ1v) is 10.4. The van der Waals surface area contributed by atoms with Crippen molar-refractivity contribution in [2.24, 2.45) is 0 Å². The zero-order chi connectivity index (χ0) is 23.5. The molecule has 2 heterocycles. The number of amides is 2. The highest BCUT2D eigenvalue weighted by atomic mass is 16.7. The molecule has 0 saturated carbocycles. The Morgan fingerprint density at radius 2 is 1.88 bits per heavy atom. The number of nitriles is 1. The molecule has 0 spiro atoms. The van der Waals surface area contributed by atoms with E-state index < -0.39 is 11.8 Å². The number of benzene rings is 2. The summed E-state index contributed by atoms with van der Waals surface area (Å²) in [7, 11) is 1.53. The third kappa shape index (κ3) is 4.13. The molecular weight excluding hydrogens is 424 g/mol. The molecule has 0 unspecified atom stereocenters. The van der Waals surface area contributed by atoms with Gasteiger partial charge in [0.05, 0.1) is 20.3 Å². The molecule has 0 fully saturated rings. The Labute approximate surface area is 191 Å². The van der Waals surface area contributed by atoms with Crippen LogP contribution in [0.4, 0.5) is 0 Å². The van der Waals surface area contributed by atoms with Crippen molar-refractivity contribution in [2.45, 2.75) is 20.4 Å². The maximum atomic E-state index is 13.4. The van der Waals surface area contributed by atoms with E-state index in [-0.39, 0.29) is 24.5 Å². The minimum Gasteiger partial charge on any atom is -0.493 e. The van der Waals surface area contributed by atoms with Gasteiger partial charge in [0.15, 0.2) is 23.0 Å². The van der Waals surface area contributed by atoms with Crippen LogP contribution in [-0.2, 0) is 16.1 Å². The van der Waals surface area contributed by atoms with Gasteiger partial charge in [-0.25, -0.2) is 0 Å². The van der Waals surface area contributed by atoms with Crippen LogP contribution >= 0.6 is 0 Å². The van der Waals surface area contributed by atoms with Crippen LogP contribution in [0.25, 0.3) is 6.08 Å². The molecule has 0 N–H and O–H groups in total. The lowest BCUT2D eigenvalue weighted by Crippen LogP contribution is -2.42. The predicted molar refractivity (Wildman–Crippen MR) is 119 cm³/mol. The Morgan fingerprint density at radius 1 is 1.09 bits per heavy atom. The van der Waals surface area contributed by atoms with Gasteiger partial charge in [0.25, 0.3) is 11.8 Å². The van der Waals surface area contributed by atoms with Crippen LogP contribution in [0.2, 0.25) is 0 Å². The molecule has 8 heteroatoms. The Bertz CT molecular complexity index is 1240. The minimum absolute atomic E-state index is 0.00327. The highest BCUT2D eigenvalue weighted by Crippen LogP contribution is 2.35. The molecule has 2 aliphatic rings. The molecule has 0 aromatic heterocycles. The second kappa shape index (κ2) is 9.09. The summed E-state index contributed by atoms with van der Waals surface area (Å²) in [6, 6.07) is 12.4. The van der Waals surface area contributed by atoms with E-state index in [4.69, 9.17) is 18.9 Å². The minimum atomic E-state index is -0.626. The van der Waals surface area contributed by atoms with Gasteiger partial charge >= 0.3 is 0 Å². The highest BCUT2D eigenvalue weighted by Gasteiger charge is 2.35. The number of hydrogen-bond acceptors (Lipinski definition) is 7. The fraction of sp³-hybridized carbons (Fsp3) is 0.240. The maximum absolute atomic E-state index is 13.4. The van der Waals surface area contributed by atoms with E-state index >= 15 is 0 Å². The summed E-state index contributed by atoms with van der Waals surface area (Å²) in [5, 5.41) is 9.62. The number of carbonyl (C=O) groups excluding carboxylic acids is 2. The SMILES string of the molecule is CCOc1ccc(/C=C2/C(=O)N(Cc3ccc4c(c3)OCO4)C(=O)C(C#N)=C2C)cc1OC. The first-order valence-electron chi connectivity index (χ1n) is 10.4. The van der Waals surface area contributed by atoms with Crippen molar-refractivity contribution in [3.05, 3.63) is 64.2 Å². The number of hydrogen-bond donors (Lipinski definition) is 0. The van der Waals surface area contributed by atoms with Gasteiger partial charge in [0.2, 0.25) is 6.79 Å². The van der Waals surface area contributed by atoms with E-state index in [9.17, 15) is 14.9 Å². The van der Waals surface area contributed by atoms with Crippen LogP contribution in [0.3, 0.4) is 0 Å². The molecule has 2 aliphatic heterocycles. The predicted octanol–water partition coefficient (Wildman–Crippen LogP) is 3.62. The Kier molecular flexibility index (Phi) is 6.05. The smallest absolute Gasteiger partial charge is 0.271 e. The molecule has 0 aliphatic carbocycles. The van der Waals surface area contributed by atoms with Crippen molar-refractivity contribution in [1.82, 2.24) is 4.90 Å². The van der Waals surface area contributed by atoms with Gasteiger partial charge in [0.1, 0.15) is 11.6 Å². The molecule has 33 heavy (non-hydrogen) atoms. The lowest BCUT2D eigenvalue weighted by Gasteiger charge is -2.27. The van der Waals surface area contributed by atoms with Crippen molar-refractivity contribution in [3.63, 3.8) is 0 Å². The lowest BCUT2D eigenvalue weighted by molar-refractivity contribution is -0.141. The number of nitrogens with zero attached hydrogens (tertiary/aromatic N) is 2. The number of fused-ring (bicyclic) bond motifs is 1.